The molecule has 1 aromatic carbocycles. The highest BCUT2D eigenvalue weighted by Gasteiger charge is 2.15. The smallest absolute Gasteiger partial charge is 0.257 e. The molecule has 0 saturated heterocycles. The van der Waals surface area contributed by atoms with E-state index in [2.05, 4.69) is 27.6 Å². The largest absolute Gasteiger partial charge is 0.481 e. The summed E-state index contributed by atoms with van der Waals surface area (Å²) in [7, 11) is 3.50. The van der Waals surface area contributed by atoms with Gasteiger partial charge in [0, 0.05) is 25.5 Å². The van der Waals surface area contributed by atoms with Crippen LogP contribution in [0.2, 0.25) is 0 Å². The molecule has 0 aliphatic carbocycles. The number of amides is 1. The van der Waals surface area contributed by atoms with Crippen LogP contribution in [0.3, 0.4) is 0 Å². The summed E-state index contributed by atoms with van der Waals surface area (Å²) in [5.74, 6) is 1.23. The number of aromatic nitrogens is 3. The summed E-state index contributed by atoms with van der Waals surface area (Å²) in [6, 6.07) is 11.2. The second-order valence-corrected chi connectivity index (χ2v) is 6.52. The predicted octanol–water partition coefficient (Wildman–Crippen LogP) is 3.56. The minimum Gasteiger partial charge on any atom is -0.481 e. The molecule has 28 heavy (non-hydrogen) atoms. The Bertz CT molecular complexity index is 946. The molecule has 0 atom stereocenters. The Morgan fingerprint density at radius 3 is 2.54 bits per heavy atom. The molecule has 0 saturated carbocycles. The summed E-state index contributed by atoms with van der Waals surface area (Å²) in [5, 5.41) is 10.6. The summed E-state index contributed by atoms with van der Waals surface area (Å²) < 4.78 is 7.19. The van der Waals surface area contributed by atoms with Gasteiger partial charge in [-0.05, 0) is 37.6 Å². The average Bonchev–Trinajstić information content (AvgIpc) is 3.03. The standard InChI is InChI=1S/C21H25N5O2/c1-5-18-17(21(28-4)26(3)25-18)13-23-19-11-8-15(12-22-19)20(27)24-16-9-6-14(2)7-10-16/h6-12H,5,13H2,1-4H3,(H,22,23)(H,24,27). The van der Waals surface area contributed by atoms with Crippen LogP contribution in [0.15, 0.2) is 42.6 Å². The van der Waals surface area contributed by atoms with Crippen LogP contribution in [0.1, 0.15) is 34.1 Å². The number of benzene rings is 1. The molecule has 0 aliphatic rings. The Morgan fingerprint density at radius 2 is 1.93 bits per heavy atom. The predicted molar refractivity (Wildman–Crippen MR) is 110 cm³/mol. The van der Waals surface area contributed by atoms with E-state index in [-0.39, 0.29) is 5.91 Å². The van der Waals surface area contributed by atoms with Gasteiger partial charge in [-0.3, -0.25) is 4.79 Å². The van der Waals surface area contributed by atoms with E-state index in [9.17, 15) is 4.79 Å². The quantitative estimate of drug-likeness (QED) is 0.656. The van der Waals surface area contributed by atoms with Crippen molar-refractivity contribution < 1.29 is 9.53 Å². The van der Waals surface area contributed by atoms with E-state index in [1.807, 2.05) is 38.2 Å². The zero-order valence-corrected chi connectivity index (χ0v) is 16.6. The van der Waals surface area contributed by atoms with Crippen LogP contribution in [-0.4, -0.2) is 27.8 Å². The molecule has 0 radical (unpaired) electrons. The van der Waals surface area contributed by atoms with Crippen molar-refractivity contribution in [3.63, 3.8) is 0 Å². The van der Waals surface area contributed by atoms with E-state index in [0.717, 1.165) is 34.8 Å². The van der Waals surface area contributed by atoms with E-state index in [4.69, 9.17) is 4.74 Å². The molecule has 0 aliphatic heterocycles. The van der Waals surface area contributed by atoms with Crippen molar-refractivity contribution in [3.8, 4) is 5.88 Å². The highest BCUT2D eigenvalue weighted by molar-refractivity contribution is 6.04. The Hall–Kier alpha value is -3.35. The number of carbonyl (C=O) groups is 1. The van der Waals surface area contributed by atoms with Crippen LogP contribution in [0, 0.1) is 6.92 Å². The Labute approximate surface area is 164 Å². The van der Waals surface area contributed by atoms with Crippen LogP contribution in [0.4, 0.5) is 11.5 Å². The van der Waals surface area contributed by atoms with Crippen LogP contribution < -0.4 is 15.4 Å². The van der Waals surface area contributed by atoms with Gasteiger partial charge in [0.25, 0.3) is 5.91 Å². The minimum atomic E-state index is -0.190. The molecule has 7 nitrogen and oxygen atoms in total. The number of anilines is 2. The normalized spacial score (nSPS) is 10.6. The number of aryl methyl sites for hydroxylation is 3. The number of hydrogen-bond donors (Lipinski definition) is 2. The van der Waals surface area contributed by atoms with Crippen molar-refractivity contribution in [3.05, 3.63) is 65.0 Å². The minimum absolute atomic E-state index is 0.190. The number of methoxy groups -OCH3 is 1. The molecule has 146 valence electrons. The van der Waals surface area contributed by atoms with Gasteiger partial charge in [0.15, 0.2) is 0 Å². The fraction of sp³-hybridized carbons (Fsp3) is 0.286. The van der Waals surface area contributed by atoms with Gasteiger partial charge in [-0.15, -0.1) is 0 Å². The van der Waals surface area contributed by atoms with E-state index in [1.54, 1.807) is 30.1 Å². The molecule has 2 N–H and O–H groups in total. The fourth-order valence-electron chi connectivity index (χ4n) is 2.97. The van der Waals surface area contributed by atoms with Crippen molar-refractivity contribution >= 4 is 17.4 Å². The fourth-order valence-corrected chi connectivity index (χ4v) is 2.97. The molecular formula is C21H25N5O2. The maximum absolute atomic E-state index is 12.4. The number of pyridine rings is 1. The van der Waals surface area contributed by atoms with Gasteiger partial charge in [0.05, 0.1) is 23.9 Å². The summed E-state index contributed by atoms with van der Waals surface area (Å²) in [5.41, 5.74) is 4.40. The maximum atomic E-state index is 12.4. The summed E-state index contributed by atoms with van der Waals surface area (Å²) >= 11 is 0. The molecule has 2 aromatic heterocycles. The highest BCUT2D eigenvalue weighted by atomic mass is 16.5. The topological polar surface area (TPSA) is 81.1 Å². The zero-order valence-electron chi connectivity index (χ0n) is 16.6. The van der Waals surface area contributed by atoms with Crippen molar-refractivity contribution in [1.29, 1.82) is 0 Å². The lowest BCUT2D eigenvalue weighted by Gasteiger charge is -2.09. The van der Waals surface area contributed by atoms with Crippen molar-refractivity contribution in [2.24, 2.45) is 7.05 Å². The monoisotopic (exact) mass is 379 g/mol. The summed E-state index contributed by atoms with van der Waals surface area (Å²) in [6.45, 7) is 4.61. The Kier molecular flexibility index (Phi) is 5.93. The highest BCUT2D eigenvalue weighted by Crippen LogP contribution is 2.23. The lowest BCUT2D eigenvalue weighted by molar-refractivity contribution is 0.102. The molecule has 3 aromatic rings. The third kappa shape index (κ3) is 4.31. The van der Waals surface area contributed by atoms with Gasteiger partial charge in [-0.2, -0.15) is 5.10 Å². The number of carbonyl (C=O) groups excluding carboxylic acids is 1. The lowest BCUT2D eigenvalue weighted by atomic mass is 10.2. The first-order chi connectivity index (χ1) is 13.5. The second kappa shape index (κ2) is 8.56. The molecule has 3 rings (SSSR count). The molecule has 0 bridgehead atoms. The third-order valence-electron chi connectivity index (χ3n) is 4.48. The number of nitrogens with one attached hydrogen (secondary N) is 2. The van der Waals surface area contributed by atoms with E-state index < -0.39 is 0 Å². The zero-order chi connectivity index (χ0) is 20.1. The Morgan fingerprint density at radius 1 is 1.18 bits per heavy atom. The molecule has 2 heterocycles. The molecule has 1 amide bonds. The maximum Gasteiger partial charge on any atom is 0.257 e. The van der Waals surface area contributed by atoms with E-state index >= 15 is 0 Å². The van der Waals surface area contributed by atoms with Crippen molar-refractivity contribution in [1.82, 2.24) is 14.8 Å². The van der Waals surface area contributed by atoms with Crippen LogP contribution >= 0.6 is 0 Å². The SMILES string of the molecule is CCc1nn(C)c(OC)c1CNc1ccc(C(=O)Nc2ccc(C)cc2)cn1. The number of rotatable bonds is 7. The van der Waals surface area contributed by atoms with Crippen LogP contribution in [0.25, 0.3) is 0 Å². The molecule has 7 heteroatoms. The van der Waals surface area contributed by atoms with Gasteiger partial charge in [-0.1, -0.05) is 24.6 Å². The second-order valence-electron chi connectivity index (χ2n) is 6.52. The number of ether oxygens (including phenoxy) is 1. The molecule has 0 spiro atoms. The third-order valence-corrected chi connectivity index (χ3v) is 4.48. The average molecular weight is 379 g/mol. The first kappa shape index (κ1) is 19.4. The van der Waals surface area contributed by atoms with Gasteiger partial charge in [0.2, 0.25) is 5.88 Å². The van der Waals surface area contributed by atoms with Gasteiger partial charge < -0.3 is 15.4 Å². The molecule has 0 fully saturated rings. The van der Waals surface area contributed by atoms with Crippen LogP contribution in [-0.2, 0) is 20.0 Å². The van der Waals surface area contributed by atoms with Gasteiger partial charge in [-0.25, -0.2) is 9.67 Å². The number of nitrogens with zero attached hydrogens (tertiary/aromatic N) is 3. The molecular weight excluding hydrogens is 354 g/mol. The summed E-state index contributed by atoms with van der Waals surface area (Å²) in [4.78, 5) is 16.7. The van der Waals surface area contributed by atoms with E-state index in [0.29, 0.717) is 17.9 Å². The summed E-state index contributed by atoms with van der Waals surface area (Å²) in [6.07, 6.45) is 2.38. The van der Waals surface area contributed by atoms with E-state index in [1.165, 1.54) is 0 Å². The first-order valence-corrected chi connectivity index (χ1v) is 9.18. The van der Waals surface area contributed by atoms with Gasteiger partial charge >= 0.3 is 0 Å². The van der Waals surface area contributed by atoms with Crippen molar-refractivity contribution in [2.75, 3.05) is 17.7 Å². The molecule has 0 unspecified atom stereocenters. The Balaban J connectivity index is 1.65. The van der Waals surface area contributed by atoms with Gasteiger partial charge in [0.1, 0.15) is 5.82 Å². The van der Waals surface area contributed by atoms with Crippen molar-refractivity contribution in [2.45, 2.75) is 26.8 Å². The lowest BCUT2D eigenvalue weighted by Crippen LogP contribution is -2.12. The first-order valence-electron chi connectivity index (χ1n) is 9.18. The van der Waals surface area contributed by atoms with Crippen LogP contribution in [0.5, 0.6) is 5.88 Å². The number of hydrogen-bond acceptors (Lipinski definition) is 5.